The third-order valence-electron chi connectivity index (χ3n) is 2.72. The number of carbonyl (C=O) groups is 2. The SMILES string of the molecule is O=C1CCC(C(=O)NC2CCSCC2)=NN1. The van der Waals surface area contributed by atoms with E-state index in [1.165, 1.54) is 0 Å². The smallest absolute Gasteiger partial charge is 0.267 e. The van der Waals surface area contributed by atoms with E-state index in [0.29, 0.717) is 18.6 Å². The van der Waals surface area contributed by atoms with Gasteiger partial charge in [0.15, 0.2) is 0 Å². The fraction of sp³-hybridized carbons (Fsp3) is 0.700. The van der Waals surface area contributed by atoms with Crippen molar-refractivity contribution >= 4 is 29.3 Å². The predicted octanol–water partition coefficient (Wildman–Crippen LogP) is 0.264. The normalized spacial score (nSPS) is 22.2. The summed E-state index contributed by atoms with van der Waals surface area (Å²) in [4.78, 5) is 22.6. The number of nitrogens with one attached hydrogen (secondary N) is 2. The first-order valence-electron chi connectivity index (χ1n) is 5.50. The van der Waals surface area contributed by atoms with E-state index in [4.69, 9.17) is 0 Å². The maximum absolute atomic E-state index is 11.8. The van der Waals surface area contributed by atoms with Crippen molar-refractivity contribution in [2.45, 2.75) is 31.7 Å². The predicted molar refractivity (Wildman–Crippen MR) is 63.3 cm³/mol. The van der Waals surface area contributed by atoms with Gasteiger partial charge in [-0.15, -0.1) is 0 Å². The molecule has 0 radical (unpaired) electrons. The van der Waals surface area contributed by atoms with Crippen molar-refractivity contribution in [1.82, 2.24) is 10.7 Å². The molecule has 16 heavy (non-hydrogen) atoms. The van der Waals surface area contributed by atoms with Gasteiger partial charge in [-0.05, 0) is 24.3 Å². The number of rotatable bonds is 2. The van der Waals surface area contributed by atoms with Crippen molar-refractivity contribution in [2.24, 2.45) is 5.10 Å². The van der Waals surface area contributed by atoms with Gasteiger partial charge in [0, 0.05) is 18.9 Å². The zero-order chi connectivity index (χ0) is 11.4. The van der Waals surface area contributed by atoms with E-state index >= 15 is 0 Å². The van der Waals surface area contributed by atoms with Crippen LogP contribution in [-0.4, -0.2) is 35.1 Å². The highest BCUT2D eigenvalue weighted by Crippen LogP contribution is 2.17. The van der Waals surface area contributed by atoms with Gasteiger partial charge in [-0.25, -0.2) is 5.43 Å². The summed E-state index contributed by atoms with van der Waals surface area (Å²) in [6, 6.07) is 0.272. The number of thioether (sulfide) groups is 1. The van der Waals surface area contributed by atoms with Crippen LogP contribution in [0, 0.1) is 0 Å². The van der Waals surface area contributed by atoms with Gasteiger partial charge in [0.1, 0.15) is 5.71 Å². The standard InChI is InChI=1S/C10H15N3O2S/c14-9-2-1-8(12-13-9)10(15)11-7-3-5-16-6-4-7/h7H,1-6H2,(H,11,15)(H,13,14). The zero-order valence-corrected chi connectivity index (χ0v) is 9.81. The molecule has 0 spiro atoms. The Hall–Kier alpha value is -1.04. The molecule has 0 bridgehead atoms. The van der Waals surface area contributed by atoms with Crippen LogP contribution in [0.4, 0.5) is 0 Å². The summed E-state index contributed by atoms with van der Waals surface area (Å²) in [7, 11) is 0. The van der Waals surface area contributed by atoms with Gasteiger partial charge in [-0.3, -0.25) is 9.59 Å². The van der Waals surface area contributed by atoms with Crippen LogP contribution in [-0.2, 0) is 9.59 Å². The molecule has 88 valence electrons. The van der Waals surface area contributed by atoms with Crippen molar-refractivity contribution in [3.05, 3.63) is 0 Å². The molecule has 0 atom stereocenters. The Morgan fingerprint density at radius 1 is 1.38 bits per heavy atom. The van der Waals surface area contributed by atoms with E-state index in [1.807, 2.05) is 11.8 Å². The summed E-state index contributed by atoms with van der Waals surface area (Å²) >= 11 is 1.92. The molecule has 0 aromatic heterocycles. The van der Waals surface area contributed by atoms with Crippen LogP contribution in [0.5, 0.6) is 0 Å². The van der Waals surface area contributed by atoms with Crippen LogP contribution in [0.25, 0.3) is 0 Å². The molecule has 2 aliphatic rings. The van der Waals surface area contributed by atoms with E-state index in [2.05, 4.69) is 15.8 Å². The van der Waals surface area contributed by atoms with Crippen LogP contribution in [0.3, 0.4) is 0 Å². The van der Waals surface area contributed by atoms with Crippen LogP contribution < -0.4 is 10.7 Å². The fourth-order valence-electron chi connectivity index (χ4n) is 1.75. The van der Waals surface area contributed by atoms with Gasteiger partial charge in [-0.2, -0.15) is 16.9 Å². The average Bonchev–Trinajstić information content (AvgIpc) is 2.31. The van der Waals surface area contributed by atoms with Crippen LogP contribution >= 0.6 is 11.8 Å². The van der Waals surface area contributed by atoms with Gasteiger partial charge >= 0.3 is 0 Å². The van der Waals surface area contributed by atoms with Crippen LogP contribution in [0.1, 0.15) is 25.7 Å². The molecule has 2 heterocycles. The Morgan fingerprint density at radius 2 is 2.12 bits per heavy atom. The third kappa shape index (κ3) is 2.98. The first kappa shape index (κ1) is 11.4. The van der Waals surface area contributed by atoms with Crippen molar-refractivity contribution in [1.29, 1.82) is 0 Å². The summed E-state index contributed by atoms with van der Waals surface area (Å²) in [5.41, 5.74) is 2.78. The molecular weight excluding hydrogens is 226 g/mol. The molecule has 6 heteroatoms. The molecule has 0 saturated carbocycles. The van der Waals surface area contributed by atoms with E-state index < -0.39 is 0 Å². The summed E-state index contributed by atoms with van der Waals surface area (Å²) in [5, 5.41) is 6.74. The lowest BCUT2D eigenvalue weighted by molar-refractivity contribution is -0.121. The summed E-state index contributed by atoms with van der Waals surface area (Å²) in [6.45, 7) is 0. The second kappa shape index (κ2) is 5.34. The van der Waals surface area contributed by atoms with E-state index in [9.17, 15) is 9.59 Å². The summed E-state index contributed by atoms with van der Waals surface area (Å²) in [5.74, 6) is 1.96. The third-order valence-corrected chi connectivity index (χ3v) is 3.77. The molecule has 2 rings (SSSR count). The molecule has 1 fully saturated rings. The second-order valence-corrected chi connectivity index (χ2v) is 5.18. The maximum Gasteiger partial charge on any atom is 0.267 e. The number of amides is 2. The highest BCUT2D eigenvalue weighted by molar-refractivity contribution is 7.99. The van der Waals surface area contributed by atoms with Gasteiger partial charge in [0.2, 0.25) is 5.91 Å². The minimum atomic E-state index is -0.128. The maximum atomic E-state index is 11.8. The molecule has 0 aromatic rings. The minimum Gasteiger partial charge on any atom is -0.348 e. The lowest BCUT2D eigenvalue weighted by atomic mass is 10.1. The fourth-order valence-corrected chi connectivity index (χ4v) is 2.85. The quantitative estimate of drug-likeness (QED) is 0.728. The summed E-state index contributed by atoms with van der Waals surface area (Å²) in [6.07, 6.45) is 2.85. The Labute approximate surface area is 98.4 Å². The highest BCUT2D eigenvalue weighted by Gasteiger charge is 2.21. The van der Waals surface area contributed by atoms with Gasteiger partial charge < -0.3 is 5.32 Å². The monoisotopic (exact) mass is 241 g/mol. The molecule has 0 unspecified atom stereocenters. The molecule has 2 aliphatic heterocycles. The van der Waals surface area contributed by atoms with Gasteiger partial charge in [0.25, 0.3) is 5.91 Å². The first-order chi connectivity index (χ1) is 7.75. The molecule has 2 amide bonds. The Bertz CT molecular complexity index is 324. The number of hydrogen-bond donors (Lipinski definition) is 2. The van der Waals surface area contributed by atoms with Crippen LogP contribution in [0.2, 0.25) is 0 Å². The zero-order valence-electron chi connectivity index (χ0n) is 8.99. The Kier molecular flexibility index (Phi) is 3.82. The van der Waals surface area contributed by atoms with Crippen molar-refractivity contribution in [3.8, 4) is 0 Å². The average molecular weight is 241 g/mol. The Morgan fingerprint density at radius 3 is 2.75 bits per heavy atom. The van der Waals surface area contributed by atoms with Gasteiger partial charge in [0.05, 0.1) is 0 Å². The minimum absolute atomic E-state index is 0.120. The molecule has 0 aromatic carbocycles. The van der Waals surface area contributed by atoms with E-state index in [0.717, 1.165) is 24.3 Å². The molecule has 0 aliphatic carbocycles. The number of hydrazone groups is 1. The summed E-state index contributed by atoms with van der Waals surface area (Å²) < 4.78 is 0. The molecule has 1 saturated heterocycles. The van der Waals surface area contributed by atoms with Crippen molar-refractivity contribution < 1.29 is 9.59 Å². The highest BCUT2D eigenvalue weighted by atomic mass is 32.2. The van der Waals surface area contributed by atoms with Crippen LogP contribution in [0.15, 0.2) is 5.10 Å². The van der Waals surface area contributed by atoms with E-state index in [-0.39, 0.29) is 17.9 Å². The second-order valence-electron chi connectivity index (χ2n) is 3.95. The molecule has 2 N–H and O–H groups in total. The Balaban J connectivity index is 1.85. The van der Waals surface area contributed by atoms with Crippen molar-refractivity contribution in [2.75, 3.05) is 11.5 Å². The van der Waals surface area contributed by atoms with Crippen molar-refractivity contribution in [3.63, 3.8) is 0 Å². The largest absolute Gasteiger partial charge is 0.348 e. The lowest BCUT2D eigenvalue weighted by Gasteiger charge is -2.23. The topological polar surface area (TPSA) is 70.6 Å². The van der Waals surface area contributed by atoms with E-state index in [1.54, 1.807) is 0 Å². The number of hydrogen-bond acceptors (Lipinski definition) is 4. The molecule has 5 nitrogen and oxygen atoms in total. The van der Waals surface area contributed by atoms with Gasteiger partial charge in [-0.1, -0.05) is 0 Å². The molecular formula is C10H15N3O2S. The number of carbonyl (C=O) groups excluding carboxylic acids is 2. The number of nitrogens with zero attached hydrogens (tertiary/aromatic N) is 1. The first-order valence-corrected chi connectivity index (χ1v) is 6.65. The lowest BCUT2D eigenvalue weighted by Crippen LogP contribution is -2.43.